The second-order valence-electron chi connectivity index (χ2n) is 4.98. The van der Waals surface area contributed by atoms with Crippen molar-refractivity contribution in [2.45, 2.75) is 46.5 Å². The minimum absolute atomic E-state index is 0.158. The monoisotopic (exact) mass is 245 g/mol. The smallest absolute Gasteiger partial charge is 0.313 e. The van der Waals surface area contributed by atoms with Crippen molar-refractivity contribution >= 4 is 5.97 Å². The number of carbonyl (C=O) groups excluding carboxylic acids is 1. The zero-order valence-corrected chi connectivity index (χ0v) is 11.4. The maximum atomic E-state index is 12.1. The SMILES string of the molecule is CCOC(=O)C(CN)(CCCCO)CC(C)C. The van der Waals surface area contributed by atoms with Crippen LogP contribution in [0.5, 0.6) is 0 Å². The summed E-state index contributed by atoms with van der Waals surface area (Å²) in [7, 11) is 0. The van der Waals surface area contributed by atoms with Crippen molar-refractivity contribution in [3.05, 3.63) is 0 Å². The molecule has 0 saturated carbocycles. The topological polar surface area (TPSA) is 72.5 Å². The molecule has 3 N–H and O–H groups in total. The summed E-state index contributed by atoms with van der Waals surface area (Å²) in [6, 6.07) is 0. The van der Waals surface area contributed by atoms with E-state index < -0.39 is 5.41 Å². The number of hydrogen-bond acceptors (Lipinski definition) is 4. The van der Waals surface area contributed by atoms with Gasteiger partial charge in [-0.3, -0.25) is 4.79 Å². The van der Waals surface area contributed by atoms with Crippen LogP contribution in [0.2, 0.25) is 0 Å². The molecule has 0 heterocycles. The first-order valence-electron chi connectivity index (χ1n) is 6.50. The van der Waals surface area contributed by atoms with Gasteiger partial charge in [0.05, 0.1) is 12.0 Å². The van der Waals surface area contributed by atoms with E-state index in [-0.39, 0.29) is 12.6 Å². The molecule has 0 radical (unpaired) electrons. The van der Waals surface area contributed by atoms with Crippen LogP contribution in [0.15, 0.2) is 0 Å². The molecule has 0 amide bonds. The van der Waals surface area contributed by atoms with Crippen LogP contribution in [0.4, 0.5) is 0 Å². The molecule has 1 atom stereocenters. The number of esters is 1. The van der Waals surface area contributed by atoms with Gasteiger partial charge in [-0.2, -0.15) is 0 Å². The molecule has 0 aromatic rings. The summed E-state index contributed by atoms with van der Waals surface area (Å²) in [6.07, 6.45) is 2.95. The highest BCUT2D eigenvalue weighted by Gasteiger charge is 2.38. The van der Waals surface area contributed by atoms with E-state index in [0.717, 1.165) is 12.8 Å². The van der Waals surface area contributed by atoms with Crippen molar-refractivity contribution in [3.63, 3.8) is 0 Å². The second kappa shape index (κ2) is 8.48. The van der Waals surface area contributed by atoms with Gasteiger partial charge >= 0.3 is 5.97 Å². The van der Waals surface area contributed by atoms with E-state index in [1.54, 1.807) is 0 Å². The zero-order valence-electron chi connectivity index (χ0n) is 11.4. The van der Waals surface area contributed by atoms with Gasteiger partial charge in [0.25, 0.3) is 0 Å². The molecule has 0 aliphatic rings. The standard InChI is InChI=1S/C13H27NO3/c1-4-17-12(16)13(10-14,9-11(2)3)7-5-6-8-15/h11,15H,4-10,14H2,1-3H3. The highest BCUT2D eigenvalue weighted by molar-refractivity contribution is 5.77. The van der Waals surface area contributed by atoms with E-state index >= 15 is 0 Å². The highest BCUT2D eigenvalue weighted by atomic mass is 16.5. The van der Waals surface area contributed by atoms with Gasteiger partial charge in [-0.05, 0) is 38.5 Å². The molecular formula is C13H27NO3. The normalized spacial score (nSPS) is 14.7. The van der Waals surface area contributed by atoms with Crippen molar-refractivity contribution in [3.8, 4) is 0 Å². The van der Waals surface area contributed by atoms with Crippen molar-refractivity contribution < 1.29 is 14.6 Å². The quantitative estimate of drug-likeness (QED) is 0.479. The number of hydrogen-bond donors (Lipinski definition) is 2. The van der Waals surface area contributed by atoms with Crippen molar-refractivity contribution in [1.29, 1.82) is 0 Å². The fourth-order valence-electron chi connectivity index (χ4n) is 2.20. The summed E-state index contributed by atoms with van der Waals surface area (Å²) < 4.78 is 5.15. The van der Waals surface area contributed by atoms with Gasteiger partial charge in [0, 0.05) is 13.2 Å². The first-order valence-corrected chi connectivity index (χ1v) is 6.50. The molecule has 0 aliphatic heterocycles. The zero-order chi connectivity index (χ0) is 13.3. The van der Waals surface area contributed by atoms with E-state index in [9.17, 15) is 4.79 Å². The minimum atomic E-state index is -0.570. The molecule has 0 bridgehead atoms. The highest BCUT2D eigenvalue weighted by Crippen LogP contribution is 2.33. The Labute approximate surface area is 105 Å². The lowest BCUT2D eigenvalue weighted by Crippen LogP contribution is -2.41. The van der Waals surface area contributed by atoms with E-state index in [0.29, 0.717) is 31.9 Å². The van der Waals surface area contributed by atoms with E-state index in [1.807, 2.05) is 6.92 Å². The Morgan fingerprint density at radius 1 is 1.41 bits per heavy atom. The Morgan fingerprint density at radius 2 is 2.06 bits per heavy atom. The molecule has 0 aliphatic carbocycles. The summed E-state index contributed by atoms with van der Waals surface area (Å²) in [4.78, 5) is 12.1. The third kappa shape index (κ3) is 5.50. The number of ether oxygens (including phenoxy) is 1. The third-order valence-electron chi connectivity index (χ3n) is 2.96. The summed E-state index contributed by atoms with van der Waals surface area (Å²) in [6.45, 7) is 6.83. The van der Waals surface area contributed by atoms with Crippen LogP contribution in [-0.4, -0.2) is 30.8 Å². The molecule has 0 aromatic heterocycles. The first kappa shape index (κ1) is 16.4. The average molecular weight is 245 g/mol. The average Bonchev–Trinajstić information content (AvgIpc) is 2.27. The van der Waals surface area contributed by atoms with E-state index in [2.05, 4.69) is 13.8 Å². The van der Waals surface area contributed by atoms with Gasteiger partial charge in [-0.25, -0.2) is 0 Å². The predicted octanol–water partition coefficient (Wildman–Crippen LogP) is 1.70. The number of nitrogens with two attached hydrogens (primary N) is 1. The molecule has 1 unspecified atom stereocenters. The van der Waals surface area contributed by atoms with Crippen molar-refractivity contribution in [2.75, 3.05) is 19.8 Å². The maximum Gasteiger partial charge on any atom is 0.313 e. The van der Waals surface area contributed by atoms with Crippen LogP contribution in [0.25, 0.3) is 0 Å². The first-order chi connectivity index (χ1) is 8.02. The lowest BCUT2D eigenvalue weighted by Gasteiger charge is -2.31. The Morgan fingerprint density at radius 3 is 2.47 bits per heavy atom. The number of aliphatic hydroxyl groups excluding tert-OH is 1. The van der Waals surface area contributed by atoms with E-state index in [1.165, 1.54) is 0 Å². The van der Waals surface area contributed by atoms with Crippen LogP contribution >= 0.6 is 0 Å². The lowest BCUT2D eigenvalue weighted by molar-refractivity contribution is -0.156. The van der Waals surface area contributed by atoms with Gasteiger partial charge in [0.1, 0.15) is 0 Å². The number of aliphatic hydroxyl groups is 1. The molecule has 102 valence electrons. The van der Waals surface area contributed by atoms with Crippen molar-refractivity contribution in [2.24, 2.45) is 17.1 Å². The Balaban J connectivity index is 4.67. The van der Waals surface area contributed by atoms with Crippen LogP contribution in [0.1, 0.15) is 46.5 Å². The van der Waals surface area contributed by atoms with Gasteiger partial charge < -0.3 is 15.6 Å². The largest absolute Gasteiger partial charge is 0.466 e. The number of carbonyl (C=O) groups is 1. The molecule has 4 heteroatoms. The molecule has 4 nitrogen and oxygen atoms in total. The maximum absolute atomic E-state index is 12.1. The van der Waals surface area contributed by atoms with Gasteiger partial charge in [-0.1, -0.05) is 13.8 Å². The van der Waals surface area contributed by atoms with Crippen LogP contribution in [-0.2, 0) is 9.53 Å². The molecule has 0 aromatic carbocycles. The molecule has 0 spiro atoms. The van der Waals surface area contributed by atoms with Gasteiger partial charge in [0.2, 0.25) is 0 Å². The number of rotatable bonds is 9. The van der Waals surface area contributed by atoms with Crippen LogP contribution < -0.4 is 5.73 Å². The molecular weight excluding hydrogens is 218 g/mol. The lowest BCUT2D eigenvalue weighted by atomic mass is 9.76. The van der Waals surface area contributed by atoms with Gasteiger partial charge in [-0.15, -0.1) is 0 Å². The number of unbranched alkanes of at least 4 members (excludes halogenated alkanes) is 1. The molecule has 0 saturated heterocycles. The van der Waals surface area contributed by atoms with E-state index in [4.69, 9.17) is 15.6 Å². The fraction of sp³-hybridized carbons (Fsp3) is 0.923. The fourth-order valence-corrected chi connectivity index (χ4v) is 2.20. The third-order valence-corrected chi connectivity index (χ3v) is 2.96. The molecule has 0 fully saturated rings. The van der Waals surface area contributed by atoms with Crippen molar-refractivity contribution in [1.82, 2.24) is 0 Å². The Hall–Kier alpha value is -0.610. The Kier molecular flexibility index (Phi) is 8.17. The molecule has 0 rings (SSSR count). The Bertz CT molecular complexity index is 219. The summed E-state index contributed by atoms with van der Waals surface area (Å²) in [5.74, 6) is 0.214. The summed E-state index contributed by atoms with van der Waals surface area (Å²) in [5, 5.41) is 8.81. The predicted molar refractivity (Wildman–Crippen MR) is 68.5 cm³/mol. The second-order valence-corrected chi connectivity index (χ2v) is 4.98. The van der Waals surface area contributed by atoms with Crippen LogP contribution in [0, 0.1) is 11.3 Å². The summed E-state index contributed by atoms with van der Waals surface area (Å²) >= 11 is 0. The van der Waals surface area contributed by atoms with Crippen LogP contribution in [0.3, 0.4) is 0 Å². The van der Waals surface area contributed by atoms with Gasteiger partial charge in [0.15, 0.2) is 0 Å². The molecule has 17 heavy (non-hydrogen) atoms. The minimum Gasteiger partial charge on any atom is -0.466 e. The summed E-state index contributed by atoms with van der Waals surface area (Å²) in [5.41, 5.74) is 5.24.